The van der Waals surface area contributed by atoms with E-state index in [9.17, 15) is 4.79 Å². The molecule has 0 saturated carbocycles. The van der Waals surface area contributed by atoms with Gasteiger partial charge in [0.15, 0.2) is 0 Å². The predicted octanol–water partition coefficient (Wildman–Crippen LogP) is 0.661. The van der Waals surface area contributed by atoms with Crippen molar-refractivity contribution >= 4 is 11.7 Å². The Kier molecular flexibility index (Phi) is 4.53. The minimum atomic E-state index is -0.0330. The first-order chi connectivity index (χ1) is 7.18. The van der Waals surface area contributed by atoms with E-state index in [1.165, 1.54) is 0 Å². The number of rotatable bonds is 5. The lowest BCUT2D eigenvalue weighted by molar-refractivity contribution is -0.119. The first-order valence-corrected chi connectivity index (χ1v) is 4.95. The van der Waals surface area contributed by atoms with E-state index in [1.54, 1.807) is 18.6 Å². The maximum atomic E-state index is 11.3. The fourth-order valence-corrected chi connectivity index (χ4v) is 0.942. The topological polar surface area (TPSA) is 66.9 Å². The second-order valence-electron chi connectivity index (χ2n) is 3.64. The van der Waals surface area contributed by atoms with Crippen LogP contribution in [0.3, 0.4) is 0 Å². The quantitative estimate of drug-likeness (QED) is 0.746. The summed E-state index contributed by atoms with van der Waals surface area (Å²) in [5.41, 5.74) is 0. The molecule has 0 aliphatic rings. The van der Waals surface area contributed by atoms with Gasteiger partial charge in [0.05, 0.1) is 12.7 Å². The van der Waals surface area contributed by atoms with Crippen LogP contribution in [-0.4, -0.2) is 29.0 Å². The Hall–Kier alpha value is -1.65. The summed E-state index contributed by atoms with van der Waals surface area (Å²) in [4.78, 5) is 19.2. The Labute approximate surface area is 89.3 Å². The highest BCUT2D eigenvalue weighted by Crippen LogP contribution is 1.95. The van der Waals surface area contributed by atoms with Crippen LogP contribution in [0, 0.1) is 5.92 Å². The van der Waals surface area contributed by atoms with E-state index in [-0.39, 0.29) is 12.5 Å². The van der Waals surface area contributed by atoms with Gasteiger partial charge < -0.3 is 10.6 Å². The van der Waals surface area contributed by atoms with Crippen molar-refractivity contribution in [3.8, 4) is 0 Å². The number of carbonyl (C=O) groups excluding carboxylic acids is 1. The Morgan fingerprint density at radius 2 is 2.27 bits per heavy atom. The lowest BCUT2D eigenvalue weighted by atomic mass is 10.2. The highest BCUT2D eigenvalue weighted by molar-refractivity contribution is 5.80. The summed E-state index contributed by atoms with van der Waals surface area (Å²) in [7, 11) is 0. The van der Waals surface area contributed by atoms with Crippen LogP contribution in [-0.2, 0) is 4.79 Å². The lowest BCUT2D eigenvalue weighted by Crippen LogP contribution is -2.32. The van der Waals surface area contributed by atoms with Gasteiger partial charge >= 0.3 is 0 Å². The van der Waals surface area contributed by atoms with Gasteiger partial charge in [-0.25, -0.2) is 4.98 Å². The maximum Gasteiger partial charge on any atom is 0.239 e. The average Bonchev–Trinajstić information content (AvgIpc) is 2.25. The van der Waals surface area contributed by atoms with Crippen LogP contribution in [0.1, 0.15) is 13.8 Å². The summed E-state index contributed by atoms with van der Waals surface area (Å²) in [5, 5.41) is 5.69. The Morgan fingerprint density at radius 3 is 2.87 bits per heavy atom. The molecule has 0 saturated heterocycles. The molecular formula is C10H16N4O. The number of aromatic nitrogens is 2. The molecular weight excluding hydrogens is 192 g/mol. The molecule has 0 spiro atoms. The zero-order chi connectivity index (χ0) is 11.1. The van der Waals surface area contributed by atoms with Crippen LogP contribution < -0.4 is 10.6 Å². The SMILES string of the molecule is CC(C)CNC(=O)CNc1cnccn1. The summed E-state index contributed by atoms with van der Waals surface area (Å²) < 4.78 is 0. The number of hydrogen-bond acceptors (Lipinski definition) is 4. The molecule has 1 aromatic heterocycles. The van der Waals surface area contributed by atoms with Crippen molar-refractivity contribution in [2.45, 2.75) is 13.8 Å². The molecule has 0 radical (unpaired) electrons. The van der Waals surface area contributed by atoms with Crippen molar-refractivity contribution in [2.75, 3.05) is 18.4 Å². The Bertz CT molecular complexity index is 300. The van der Waals surface area contributed by atoms with Crippen LogP contribution in [0.15, 0.2) is 18.6 Å². The van der Waals surface area contributed by atoms with Crippen molar-refractivity contribution in [1.82, 2.24) is 15.3 Å². The first kappa shape index (κ1) is 11.4. The fourth-order valence-electron chi connectivity index (χ4n) is 0.942. The van der Waals surface area contributed by atoms with E-state index < -0.39 is 0 Å². The van der Waals surface area contributed by atoms with Gasteiger partial charge in [-0.05, 0) is 5.92 Å². The highest BCUT2D eigenvalue weighted by Gasteiger charge is 2.01. The van der Waals surface area contributed by atoms with Gasteiger partial charge in [-0.3, -0.25) is 9.78 Å². The molecule has 0 unspecified atom stereocenters. The standard InChI is InChI=1S/C10H16N4O/c1-8(2)5-14-10(15)7-13-9-6-11-3-4-12-9/h3-4,6,8H,5,7H2,1-2H3,(H,12,13)(H,14,15). The predicted molar refractivity (Wildman–Crippen MR) is 58.4 cm³/mol. The summed E-state index contributed by atoms with van der Waals surface area (Å²) in [6.45, 7) is 5.03. The van der Waals surface area contributed by atoms with E-state index in [1.807, 2.05) is 0 Å². The molecule has 5 nitrogen and oxygen atoms in total. The molecule has 0 aliphatic heterocycles. The molecule has 0 bridgehead atoms. The maximum absolute atomic E-state index is 11.3. The third-order valence-electron chi connectivity index (χ3n) is 1.70. The van der Waals surface area contributed by atoms with E-state index in [4.69, 9.17) is 0 Å². The van der Waals surface area contributed by atoms with Crippen LogP contribution >= 0.6 is 0 Å². The lowest BCUT2D eigenvalue weighted by Gasteiger charge is -2.08. The molecule has 1 rings (SSSR count). The van der Waals surface area contributed by atoms with Crippen LogP contribution in [0.25, 0.3) is 0 Å². The number of nitrogens with one attached hydrogen (secondary N) is 2. The van der Waals surface area contributed by atoms with E-state index >= 15 is 0 Å². The zero-order valence-electron chi connectivity index (χ0n) is 9.03. The van der Waals surface area contributed by atoms with Crippen LogP contribution in [0.4, 0.5) is 5.82 Å². The summed E-state index contributed by atoms with van der Waals surface area (Å²) >= 11 is 0. The number of nitrogens with zero attached hydrogens (tertiary/aromatic N) is 2. The van der Waals surface area contributed by atoms with Crippen molar-refractivity contribution < 1.29 is 4.79 Å². The molecule has 15 heavy (non-hydrogen) atoms. The summed E-state index contributed by atoms with van der Waals surface area (Å²) in [5.74, 6) is 1.04. The third kappa shape index (κ3) is 4.95. The van der Waals surface area contributed by atoms with Gasteiger partial charge in [0.2, 0.25) is 5.91 Å². The average molecular weight is 208 g/mol. The monoisotopic (exact) mass is 208 g/mol. The molecule has 1 heterocycles. The highest BCUT2D eigenvalue weighted by atomic mass is 16.1. The van der Waals surface area contributed by atoms with E-state index in [0.717, 1.165) is 0 Å². The molecule has 2 N–H and O–H groups in total. The minimum absolute atomic E-state index is 0.0330. The number of amides is 1. The van der Waals surface area contributed by atoms with Crippen molar-refractivity contribution in [3.63, 3.8) is 0 Å². The second-order valence-corrected chi connectivity index (χ2v) is 3.64. The minimum Gasteiger partial charge on any atom is -0.360 e. The van der Waals surface area contributed by atoms with Gasteiger partial charge in [0.1, 0.15) is 5.82 Å². The Balaban J connectivity index is 2.23. The van der Waals surface area contributed by atoms with Crippen molar-refractivity contribution in [2.24, 2.45) is 5.92 Å². The fraction of sp³-hybridized carbons (Fsp3) is 0.500. The van der Waals surface area contributed by atoms with E-state index in [0.29, 0.717) is 18.3 Å². The largest absolute Gasteiger partial charge is 0.360 e. The number of anilines is 1. The summed E-state index contributed by atoms with van der Waals surface area (Å²) in [6.07, 6.45) is 4.74. The van der Waals surface area contributed by atoms with Crippen LogP contribution in [0.5, 0.6) is 0 Å². The molecule has 0 atom stereocenters. The van der Waals surface area contributed by atoms with Gasteiger partial charge in [-0.1, -0.05) is 13.8 Å². The number of carbonyl (C=O) groups is 1. The molecule has 1 aromatic rings. The zero-order valence-corrected chi connectivity index (χ0v) is 9.03. The third-order valence-corrected chi connectivity index (χ3v) is 1.70. The van der Waals surface area contributed by atoms with Gasteiger partial charge in [0, 0.05) is 18.9 Å². The first-order valence-electron chi connectivity index (χ1n) is 4.95. The van der Waals surface area contributed by atoms with Crippen molar-refractivity contribution in [1.29, 1.82) is 0 Å². The Morgan fingerprint density at radius 1 is 1.47 bits per heavy atom. The van der Waals surface area contributed by atoms with Crippen LogP contribution in [0.2, 0.25) is 0 Å². The van der Waals surface area contributed by atoms with E-state index in [2.05, 4.69) is 34.4 Å². The van der Waals surface area contributed by atoms with Gasteiger partial charge in [-0.15, -0.1) is 0 Å². The molecule has 1 amide bonds. The smallest absolute Gasteiger partial charge is 0.239 e. The molecule has 0 aromatic carbocycles. The normalized spacial score (nSPS) is 10.1. The molecule has 82 valence electrons. The van der Waals surface area contributed by atoms with Gasteiger partial charge in [0.25, 0.3) is 0 Å². The molecule has 0 aliphatic carbocycles. The summed E-state index contributed by atoms with van der Waals surface area (Å²) in [6, 6.07) is 0. The number of hydrogen-bond donors (Lipinski definition) is 2. The molecule has 5 heteroatoms. The molecule has 0 fully saturated rings. The second kappa shape index (κ2) is 5.95. The van der Waals surface area contributed by atoms with Crippen molar-refractivity contribution in [3.05, 3.63) is 18.6 Å². The van der Waals surface area contributed by atoms with Gasteiger partial charge in [-0.2, -0.15) is 0 Å².